The Kier molecular flexibility index (Phi) is 6.63. The lowest BCUT2D eigenvalue weighted by molar-refractivity contribution is -0.115. The third kappa shape index (κ3) is 4.84. The van der Waals surface area contributed by atoms with Gasteiger partial charge in [0.25, 0.3) is 0 Å². The summed E-state index contributed by atoms with van der Waals surface area (Å²) in [6.07, 6.45) is 0.187. The highest BCUT2D eigenvalue weighted by Gasteiger charge is 2.20. The lowest BCUT2D eigenvalue weighted by Crippen LogP contribution is -2.16. The van der Waals surface area contributed by atoms with E-state index in [0.717, 1.165) is 0 Å². The fraction of sp³-hybridized carbons (Fsp3) is 0.167. The van der Waals surface area contributed by atoms with Gasteiger partial charge in [-0.3, -0.25) is 4.79 Å². The van der Waals surface area contributed by atoms with Gasteiger partial charge in [0, 0.05) is 29.5 Å². The predicted octanol–water partition coefficient (Wildman–Crippen LogP) is 3.97. The van der Waals surface area contributed by atoms with Crippen molar-refractivity contribution in [1.82, 2.24) is 4.98 Å². The van der Waals surface area contributed by atoms with Crippen LogP contribution in [0.3, 0.4) is 0 Å². The van der Waals surface area contributed by atoms with Gasteiger partial charge in [-0.25, -0.2) is 4.98 Å². The highest BCUT2D eigenvalue weighted by Crippen LogP contribution is 2.36. The Hall–Kier alpha value is -4.21. The molecule has 1 aromatic heterocycles. The van der Waals surface area contributed by atoms with Crippen LogP contribution in [0.5, 0.6) is 11.5 Å². The number of rotatable bonds is 6. The number of thioether (sulfide) groups is 1. The van der Waals surface area contributed by atoms with Gasteiger partial charge in [-0.1, -0.05) is 30.3 Å². The van der Waals surface area contributed by atoms with E-state index in [2.05, 4.69) is 22.4 Å². The first-order valence-corrected chi connectivity index (χ1v) is 11.1. The van der Waals surface area contributed by atoms with E-state index in [9.17, 15) is 15.3 Å². The van der Waals surface area contributed by atoms with E-state index in [1.54, 1.807) is 18.2 Å². The van der Waals surface area contributed by atoms with Crippen molar-refractivity contribution in [2.45, 2.75) is 11.4 Å². The second kappa shape index (κ2) is 9.94. The summed E-state index contributed by atoms with van der Waals surface area (Å²) in [6.45, 7) is 0.967. The Morgan fingerprint density at radius 1 is 1.06 bits per heavy atom. The largest absolute Gasteiger partial charge is 0.486 e. The first kappa shape index (κ1) is 22.0. The number of nitrogens with two attached hydrogens (primary N) is 1. The van der Waals surface area contributed by atoms with Crippen molar-refractivity contribution in [2.24, 2.45) is 0 Å². The minimum absolute atomic E-state index is 0.0542. The van der Waals surface area contributed by atoms with Gasteiger partial charge in [0.2, 0.25) is 5.91 Å². The van der Waals surface area contributed by atoms with Crippen LogP contribution in [0.4, 0.5) is 11.5 Å². The maximum absolute atomic E-state index is 12.4. The minimum atomic E-state index is -0.192. The molecule has 2 aromatic carbocycles. The Balaban J connectivity index is 1.47. The number of carbonyl (C=O) groups is 1. The molecule has 33 heavy (non-hydrogen) atoms. The van der Waals surface area contributed by atoms with Crippen LogP contribution in [0.1, 0.15) is 17.5 Å². The van der Waals surface area contributed by atoms with Crippen LogP contribution < -0.4 is 20.5 Å². The van der Waals surface area contributed by atoms with Crippen LogP contribution in [0, 0.1) is 22.7 Å². The van der Waals surface area contributed by atoms with E-state index >= 15 is 0 Å². The van der Waals surface area contributed by atoms with Gasteiger partial charge in [-0.15, -0.1) is 11.8 Å². The third-order valence-electron chi connectivity index (χ3n) is 4.87. The van der Waals surface area contributed by atoms with E-state index in [1.807, 2.05) is 30.3 Å². The molecule has 4 rings (SSSR count). The molecule has 1 amide bonds. The standard InChI is InChI=1S/C24H19N5O3S/c25-13-17-22(15-4-2-1-3-5-15)18(14-26)24(29-23(17)27)33-11-8-21(30)28-16-6-7-19-20(12-16)32-10-9-31-19/h1-7,12H,8-11H2,(H2,27,29)(H,28,30). The predicted molar refractivity (Wildman–Crippen MR) is 125 cm³/mol. The summed E-state index contributed by atoms with van der Waals surface area (Å²) in [7, 11) is 0. The number of carbonyl (C=O) groups excluding carboxylic acids is 1. The molecule has 8 nitrogen and oxygen atoms in total. The number of fused-ring (bicyclic) bond motifs is 1. The number of anilines is 2. The first-order chi connectivity index (χ1) is 16.1. The van der Waals surface area contributed by atoms with Crippen LogP contribution in [-0.2, 0) is 4.79 Å². The molecule has 3 N–H and O–H groups in total. The smallest absolute Gasteiger partial charge is 0.225 e. The maximum atomic E-state index is 12.4. The zero-order chi connectivity index (χ0) is 23.2. The van der Waals surface area contributed by atoms with Gasteiger partial charge in [0.05, 0.1) is 5.56 Å². The van der Waals surface area contributed by atoms with Crippen molar-refractivity contribution in [3.05, 3.63) is 59.7 Å². The summed E-state index contributed by atoms with van der Waals surface area (Å²) in [5.74, 6) is 1.48. The van der Waals surface area contributed by atoms with Crippen molar-refractivity contribution in [3.8, 4) is 34.8 Å². The molecule has 0 fully saturated rings. The number of pyridine rings is 1. The number of nitrogen functional groups attached to an aromatic ring is 1. The van der Waals surface area contributed by atoms with Crippen molar-refractivity contribution in [1.29, 1.82) is 10.5 Å². The van der Waals surface area contributed by atoms with E-state index in [-0.39, 0.29) is 29.3 Å². The quantitative estimate of drug-likeness (QED) is 0.531. The van der Waals surface area contributed by atoms with Crippen molar-refractivity contribution in [3.63, 3.8) is 0 Å². The molecule has 0 saturated heterocycles. The molecule has 3 aromatic rings. The second-order valence-corrected chi connectivity index (χ2v) is 8.11. The molecule has 0 unspecified atom stereocenters. The number of nitriles is 2. The zero-order valence-corrected chi connectivity index (χ0v) is 18.3. The average Bonchev–Trinajstić information content (AvgIpc) is 2.84. The van der Waals surface area contributed by atoms with Gasteiger partial charge in [-0.05, 0) is 17.7 Å². The highest BCUT2D eigenvalue weighted by molar-refractivity contribution is 7.99. The van der Waals surface area contributed by atoms with Crippen molar-refractivity contribution < 1.29 is 14.3 Å². The molecule has 0 radical (unpaired) electrons. The number of ether oxygens (including phenoxy) is 2. The molecule has 0 spiro atoms. The lowest BCUT2D eigenvalue weighted by Gasteiger charge is -2.19. The van der Waals surface area contributed by atoms with Crippen LogP contribution in [0.15, 0.2) is 53.6 Å². The number of nitrogens with zero attached hydrogens (tertiary/aromatic N) is 3. The fourth-order valence-electron chi connectivity index (χ4n) is 3.38. The maximum Gasteiger partial charge on any atom is 0.225 e. The lowest BCUT2D eigenvalue weighted by atomic mass is 9.97. The monoisotopic (exact) mass is 457 g/mol. The molecule has 9 heteroatoms. The zero-order valence-electron chi connectivity index (χ0n) is 17.5. The van der Waals surface area contributed by atoms with Gasteiger partial charge in [0.1, 0.15) is 41.8 Å². The van der Waals surface area contributed by atoms with Gasteiger partial charge < -0.3 is 20.5 Å². The van der Waals surface area contributed by atoms with E-state index < -0.39 is 0 Å². The Bertz CT molecular complexity index is 1280. The molecule has 1 aliphatic rings. The number of aromatic nitrogens is 1. The van der Waals surface area contributed by atoms with Crippen LogP contribution in [-0.4, -0.2) is 29.9 Å². The summed E-state index contributed by atoms with van der Waals surface area (Å²) in [4.78, 5) is 16.7. The Labute approximate surface area is 195 Å². The Morgan fingerprint density at radius 2 is 1.79 bits per heavy atom. The minimum Gasteiger partial charge on any atom is -0.486 e. The topological polar surface area (TPSA) is 134 Å². The summed E-state index contributed by atoms with van der Waals surface area (Å²) in [5.41, 5.74) is 8.23. The summed E-state index contributed by atoms with van der Waals surface area (Å²) in [5, 5.41) is 22.6. The number of hydrogen-bond acceptors (Lipinski definition) is 8. The number of hydrogen-bond donors (Lipinski definition) is 2. The molecular formula is C24H19N5O3S. The summed E-state index contributed by atoms with van der Waals surface area (Å²) in [6, 6.07) is 18.6. The third-order valence-corrected chi connectivity index (χ3v) is 5.85. The molecule has 0 aliphatic carbocycles. The SMILES string of the molecule is N#Cc1c(N)nc(SCCC(=O)Nc2ccc3c(c2)OCCO3)c(C#N)c1-c1ccccc1. The molecule has 1 aliphatic heterocycles. The number of amides is 1. The number of benzene rings is 2. The first-order valence-electron chi connectivity index (χ1n) is 10.1. The van der Waals surface area contributed by atoms with E-state index in [4.69, 9.17) is 15.2 Å². The average molecular weight is 458 g/mol. The number of nitrogens with one attached hydrogen (secondary N) is 1. The van der Waals surface area contributed by atoms with E-state index in [1.165, 1.54) is 11.8 Å². The molecule has 2 heterocycles. The van der Waals surface area contributed by atoms with Gasteiger partial charge >= 0.3 is 0 Å². The fourth-order valence-corrected chi connectivity index (χ4v) is 4.32. The van der Waals surface area contributed by atoms with Crippen molar-refractivity contribution in [2.75, 3.05) is 30.0 Å². The van der Waals surface area contributed by atoms with E-state index in [0.29, 0.717) is 52.3 Å². The Morgan fingerprint density at radius 3 is 2.52 bits per heavy atom. The molecular weight excluding hydrogens is 438 g/mol. The van der Waals surface area contributed by atoms with Gasteiger partial charge in [0.15, 0.2) is 11.5 Å². The summed E-state index contributed by atoms with van der Waals surface area (Å²) < 4.78 is 11.0. The van der Waals surface area contributed by atoms with Crippen molar-refractivity contribution >= 4 is 29.2 Å². The molecule has 0 atom stereocenters. The second-order valence-electron chi connectivity index (χ2n) is 7.02. The van der Waals surface area contributed by atoms with Crippen LogP contribution in [0.2, 0.25) is 0 Å². The van der Waals surface area contributed by atoms with Gasteiger partial charge in [-0.2, -0.15) is 10.5 Å². The van der Waals surface area contributed by atoms with Crippen LogP contribution in [0.25, 0.3) is 11.1 Å². The molecule has 164 valence electrons. The molecule has 0 bridgehead atoms. The normalized spacial score (nSPS) is 11.8. The molecule has 0 saturated carbocycles. The summed E-state index contributed by atoms with van der Waals surface area (Å²) >= 11 is 1.25. The highest BCUT2D eigenvalue weighted by atomic mass is 32.2. The van der Waals surface area contributed by atoms with Crippen LogP contribution >= 0.6 is 11.8 Å².